The van der Waals surface area contributed by atoms with E-state index in [2.05, 4.69) is 39.6 Å². The molecule has 2 fully saturated rings. The Labute approximate surface area is 164 Å². The smallest absolute Gasteiger partial charge is 0.345 e. The van der Waals surface area contributed by atoms with Crippen molar-refractivity contribution in [3.05, 3.63) is 63.3 Å². The van der Waals surface area contributed by atoms with Gasteiger partial charge >= 0.3 is 5.69 Å². The van der Waals surface area contributed by atoms with Crippen LogP contribution in [-0.4, -0.2) is 34.6 Å². The van der Waals surface area contributed by atoms with Crippen LogP contribution in [0.3, 0.4) is 0 Å². The first-order valence-corrected chi connectivity index (χ1v) is 10.0. The van der Waals surface area contributed by atoms with Crippen molar-refractivity contribution >= 4 is 5.91 Å². The molecule has 1 aliphatic heterocycles. The molecule has 1 saturated carbocycles. The molecule has 148 valence electrons. The summed E-state index contributed by atoms with van der Waals surface area (Å²) in [6, 6.07) is 10.6. The molecule has 6 heteroatoms. The molecule has 4 atom stereocenters. The molecule has 1 aromatic heterocycles. The van der Waals surface area contributed by atoms with E-state index >= 15 is 0 Å². The number of rotatable bonds is 6. The van der Waals surface area contributed by atoms with Crippen LogP contribution in [0.25, 0.3) is 0 Å². The fourth-order valence-corrected chi connectivity index (χ4v) is 4.79. The Kier molecular flexibility index (Phi) is 5.31. The second-order valence-corrected chi connectivity index (χ2v) is 7.97. The number of nitrogens with zero attached hydrogens (tertiary/aromatic N) is 1. The second-order valence-electron chi connectivity index (χ2n) is 7.97. The summed E-state index contributed by atoms with van der Waals surface area (Å²) < 4.78 is 5.93. The van der Waals surface area contributed by atoms with E-state index in [0.29, 0.717) is 30.4 Å². The number of fused-ring (bicyclic) bond motifs is 1. The van der Waals surface area contributed by atoms with Gasteiger partial charge in [0.15, 0.2) is 0 Å². The standard InChI is InChI=1S/C22H27N3O3/c1-13-16(14(2)24-22(27)23-13)8-9-19(26)25-20-17-10-11-28-21(17)18(20)12-15-6-4-3-5-7-15/h3-7,17-18,20-21H,8-12H2,1-2H3,(H,25,26)(H,23,24,27)/t17-,18+,20-,21-/m0/s1. The van der Waals surface area contributed by atoms with Crippen LogP contribution in [-0.2, 0) is 22.4 Å². The zero-order valence-electron chi connectivity index (χ0n) is 16.4. The van der Waals surface area contributed by atoms with Crippen molar-refractivity contribution in [3.8, 4) is 0 Å². The highest BCUT2D eigenvalue weighted by atomic mass is 16.5. The topological polar surface area (TPSA) is 84.1 Å². The third kappa shape index (κ3) is 3.74. The summed E-state index contributed by atoms with van der Waals surface area (Å²) in [7, 11) is 0. The molecule has 1 saturated heterocycles. The minimum atomic E-state index is -0.339. The number of nitrogens with one attached hydrogen (secondary N) is 2. The van der Waals surface area contributed by atoms with Crippen LogP contribution in [0.2, 0.25) is 0 Å². The van der Waals surface area contributed by atoms with Gasteiger partial charge in [0.05, 0.1) is 6.10 Å². The van der Waals surface area contributed by atoms with Crippen LogP contribution in [0.15, 0.2) is 35.1 Å². The lowest BCUT2D eigenvalue weighted by atomic mass is 9.64. The number of benzene rings is 1. The van der Waals surface area contributed by atoms with Crippen molar-refractivity contribution in [1.29, 1.82) is 0 Å². The maximum atomic E-state index is 12.7. The van der Waals surface area contributed by atoms with E-state index in [9.17, 15) is 9.59 Å². The van der Waals surface area contributed by atoms with Gasteiger partial charge in [-0.05, 0) is 44.2 Å². The van der Waals surface area contributed by atoms with Crippen LogP contribution in [0.5, 0.6) is 0 Å². The number of aromatic nitrogens is 2. The average Bonchev–Trinajstić information content (AvgIpc) is 3.09. The lowest BCUT2D eigenvalue weighted by Gasteiger charge is -2.48. The van der Waals surface area contributed by atoms with Gasteiger partial charge in [0.1, 0.15) is 0 Å². The van der Waals surface area contributed by atoms with Gasteiger partial charge in [-0.2, -0.15) is 4.98 Å². The Morgan fingerprint density at radius 1 is 1.29 bits per heavy atom. The first-order valence-electron chi connectivity index (χ1n) is 10.0. The summed E-state index contributed by atoms with van der Waals surface area (Å²) in [5.74, 6) is 0.811. The summed E-state index contributed by atoms with van der Waals surface area (Å²) in [4.78, 5) is 30.7. The lowest BCUT2D eigenvalue weighted by molar-refractivity contribution is -0.127. The molecule has 0 bridgehead atoms. The number of hydrogen-bond acceptors (Lipinski definition) is 4. The number of aryl methyl sites for hydroxylation is 2. The molecule has 0 radical (unpaired) electrons. The predicted molar refractivity (Wildman–Crippen MR) is 106 cm³/mol. The summed E-state index contributed by atoms with van der Waals surface area (Å²) >= 11 is 0. The summed E-state index contributed by atoms with van der Waals surface area (Å²) in [5.41, 5.74) is 3.38. The molecule has 6 nitrogen and oxygen atoms in total. The monoisotopic (exact) mass is 381 g/mol. The van der Waals surface area contributed by atoms with Gasteiger partial charge in [-0.25, -0.2) is 4.79 Å². The minimum Gasteiger partial charge on any atom is -0.377 e. The summed E-state index contributed by atoms with van der Waals surface area (Å²) in [5, 5.41) is 3.27. The van der Waals surface area contributed by atoms with Gasteiger partial charge in [0.25, 0.3) is 0 Å². The number of hydrogen-bond donors (Lipinski definition) is 2. The van der Waals surface area contributed by atoms with Gasteiger partial charge in [0.2, 0.25) is 5.91 Å². The molecule has 2 aliphatic rings. The van der Waals surface area contributed by atoms with Crippen molar-refractivity contribution in [2.24, 2.45) is 11.8 Å². The first-order chi connectivity index (χ1) is 13.5. The molecule has 0 unspecified atom stereocenters. The Bertz CT molecular complexity index is 883. The van der Waals surface area contributed by atoms with E-state index in [4.69, 9.17) is 4.74 Å². The van der Waals surface area contributed by atoms with E-state index in [-0.39, 0.29) is 23.7 Å². The van der Waals surface area contributed by atoms with Crippen molar-refractivity contribution < 1.29 is 9.53 Å². The third-order valence-electron chi connectivity index (χ3n) is 6.23. The maximum absolute atomic E-state index is 12.7. The molecule has 2 heterocycles. The summed E-state index contributed by atoms with van der Waals surface area (Å²) in [6.45, 7) is 4.46. The number of ether oxygens (including phenoxy) is 1. The van der Waals surface area contributed by atoms with Gasteiger partial charge in [-0.3, -0.25) is 4.79 Å². The molecule has 1 amide bonds. The minimum absolute atomic E-state index is 0.0541. The fourth-order valence-electron chi connectivity index (χ4n) is 4.79. The van der Waals surface area contributed by atoms with Gasteiger partial charge in [-0.1, -0.05) is 30.3 Å². The van der Waals surface area contributed by atoms with E-state index in [1.807, 2.05) is 19.9 Å². The number of amides is 1. The molecule has 1 aromatic carbocycles. The molecule has 4 rings (SSSR count). The molecule has 28 heavy (non-hydrogen) atoms. The van der Waals surface area contributed by atoms with Crippen LogP contribution in [0.1, 0.15) is 35.4 Å². The van der Waals surface area contributed by atoms with Crippen molar-refractivity contribution in [2.75, 3.05) is 6.61 Å². The highest BCUT2D eigenvalue weighted by Crippen LogP contribution is 2.45. The zero-order valence-corrected chi connectivity index (χ0v) is 16.4. The number of carbonyl (C=O) groups excluding carboxylic acids is 1. The molecule has 1 aliphatic carbocycles. The Morgan fingerprint density at radius 3 is 2.82 bits per heavy atom. The Balaban J connectivity index is 1.38. The highest BCUT2D eigenvalue weighted by Gasteiger charge is 2.53. The van der Waals surface area contributed by atoms with Crippen LogP contribution < -0.4 is 11.0 Å². The predicted octanol–water partition coefficient (Wildman–Crippen LogP) is 2.08. The van der Waals surface area contributed by atoms with E-state index < -0.39 is 0 Å². The number of aromatic amines is 1. The van der Waals surface area contributed by atoms with Gasteiger partial charge in [-0.15, -0.1) is 0 Å². The fraction of sp³-hybridized carbons (Fsp3) is 0.500. The highest BCUT2D eigenvalue weighted by molar-refractivity contribution is 5.77. The molecular formula is C22H27N3O3. The quantitative estimate of drug-likeness (QED) is 0.802. The van der Waals surface area contributed by atoms with E-state index in [1.54, 1.807) is 0 Å². The van der Waals surface area contributed by atoms with Gasteiger partial charge < -0.3 is 15.0 Å². The molecule has 2 N–H and O–H groups in total. The van der Waals surface area contributed by atoms with E-state index in [0.717, 1.165) is 30.7 Å². The van der Waals surface area contributed by atoms with Crippen molar-refractivity contribution in [3.63, 3.8) is 0 Å². The zero-order chi connectivity index (χ0) is 19.7. The Morgan fingerprint density at radius 2 is 2.07 bits per heavy atom. The second kappa shape index (κ2) is 7.87. The van der Waals surface area contributed by atoms with Crippen molar-refractivity contribution in [2.45, 2.75) is 51.7 Å². The molecule has 0 spiro atoms. The van der Waals surface area contributed by atoms with Crippen LogP contribution >= 0.6 is 0 Å². The molecular weight excluding hydrogens is 354 g/mol. The first kappa shape index (κ1) is 18.9. The number of H-pyrrole nitrogens is 1. The third-order valence-corrected chi connectivity index (χ3v) is 6.23. The average molecular weight is 381 g/mol. The largest absolute Gasteiger partial charge is 0.377 e. The van der Waals surface area contributed by atoms with Crippen LogP contribution in [0, 0.1) is 25.7 Å². The van der Waals surface area contributed by atoms with Crippen molar-refractivity contribution in [1.82, 2.24) is 15.3 Å². The van der Waals surface area contributed by atoms with Gasteiger partial charge in [0, 0.05) is 42.3 Å². The SMILES string of the molecule is Cc1nc(=O)[nH]c(C)c1CCC(=O)N[C@@H]1[C@@H](Cc2ccccc2)[C@H]2OCC[C@@H]12. The maximum Gasteiger partial charge on any atom is 0.345 e. The summed E-state index contributed by atoms with van der Waals surface area (Å²) in [6.07, 6.45) is 3.17. The van der Waals surface area contributed by atoms with E-state index in [1.165, 1.54) is 5.56 Å². The van der Waals surface area contributed by atoms with Crippen LogP contribution in [0.4, 0.5) is 0 Å². The molecule has 2 aromatic rings. The lowest BCUT2D eigenvalue weighted by Crippen LogP contribution is -2.62. The normalized spacial score (nSPS) is 25.8. The number of carbonyl (C=O) groups is 1. The Hall–Kier alpha value is -2.47.